The lowest BCUT2D eigenvalue weighted by atomic mass is 9.98. The van der Waals surface area contributed by atoms with Gasteiger partial charge in [-0.25, -0.2) is 0 Å². The third-order valence-electron chi connectivity index (χ3n) is 2.94. The molecule has 0 radical (unpaired) electrons. The van der Waals surface area contributed by atoms with E-state index < -0.39 is 11.4 Å². The number of aliphatic hydroxyl groups excluding tert-OH is 1. The van der Waals surface area contributed by atoms with Crippen molar-refractivity contribution in [3.8, 4) is 0 Å². The number of Topliss-reactive ketones (excluding diaryl/α,β-unsaturated/α-hetero) is 1. The van der Waals surface area contributed by atoms with Crippen molar-refractivity contribution < 1.29 is 14.7 Å². The van der Waals surface area contributed by atoms with E-state index in [9.17, 15) is 9.59 Å². The summed E-state index contributed by atoms with van der Waals surface area (Å²) in [6.45, 7) is 3.33. The van der Waals surface area contributed by atoms with Crippen LogP contribution in [0.2, 0.25) is 0 Å². The van der Waals surface area contributed by atoms with Gasteiger partial charge in [-0.3, -0.25) is 14.5 Å². The third-order valence-corrected chi connectivity index (χ3v) is 2.94. The Bertz CT molecular complexity index is 503. The average Bonchev–Trinajstić information content (AvgIpc) is 2.47. The summed E-state index contributed by atoms with van der Waals surface area (Å²) in [5.74, 6) is -0.831. The molecule has 1 aliphatic rings. The number of ketones is 1. The minimum atomic E-state index is -0.965. The van der Waals surface area contributed by atoms with Gasteiger partial charge in [0.2, 0.25) is 0 Å². The first-order valence-corrected chi connectivity index (χ1v) is 5.29. The highest BCUT2D eigenvalue weighted by molar-refractivity contribution is 6.34. The second-order valence-electron chi connectivity index (χ2n) is 4.41. The predicted octanol–water partition coefficient (Wildman–Crippen LogP) is 1.82. The summed E-state index contributed by atoms with van der Waals surface area (Å²) in [5.41, 5.74) is -0.487. The highest BCUT2D eigenvalue weighted by atomic mass is 16.2. The first-order chi connectivity index (χ1) is 8.00. The first kappa shape index (κ1) is 11.4. The molecular weight excluding hydrogens is 218 g/mol. The summed E-state index contributed by atoms with van der Waals surface area (Å²) < 4.78 is 0. The van der Waals surface area contributed by atoms with Crippen LogP contribution in [-0.2, 0) is 9.59 Å². The smallest absolute Gasteiger partial charge is 0.266 e. The van der Waals surface area contributed by atoms with Crippen molar-refractivity contribution in [3.05, 3.63) is 42.2 Å². The van der Waals surface area contributed by atoms with E-state index in [4.69, 9.17) is 5.11 Å². The number of hydrogen-bond donors (Lipinski definition) is 1. The second kappa shape index (κ2) is 3.73. The Morgan fingerprint density at radius 3 is 2.24 bits per heavy atom. The number of benzene rings is 1. The van der Waals surface area contributed by atoms with Crippen LogP contribution in [0.5, 0.6) is 0 Å². The fourth-order valence-electron chi connectivity index (χ4n) is 2.03. The molecule has 2 rings (SSSR count). The van der Waals surface area contributed by atoms with E-state index in [2.05, 4.69) is 0 Å². The molecule has 0 aromatic heterocycles. The molecule has 1 aromatic rings. The molecule has 1 aliphatic heterocycles. The molecule has 1 aromatic carbocycles. The Morgan fingerprint density at radius 1 is 1.18 bits per heavy atom. The van der Waals surface area contributed by atoms with Gasteiger partial charge in [0, 0.05) is 5.69 Å². The number of nitrogens with zero attached hydrogens (tertiary/aromatic N) is 1. The Morgan fingerprint density at radius 2 is 1.76 bits per heavy atom. The molecule has 0 saturated carbocycles. The van der Waals surface area contributed by atoms with Crippen LogP contribution in [0.15, 0.2) is 42.2 Å². The Balaban J connectivity index is 2.56. The number of anilines is 1. The fraction of sp³-hybridized carbons (Fsp3) is 0.231. The van der Waals surface area contributed by atoms with Gasteiger partial charge in [-0.05, 0) is 26.0 Å². The molecule has 0 unspecified atom stereocenters. The molecule has 0 atom stereocenters. The maximum atomic E-state index is 12.0. The van der Waals surface area contributed by atoms with E-state index in [1.54, 1.807) is 38.1 Å². The Kier molecular flexibility index (Phi) is 2.50. The molecular formula is C13H13NO3. The molecule has 1 saturated heterocycles. The minimum Gasteiger partial charge on any atom is -0.515 e. The molecule has 1 N–H and O–H groups in total. The summed E-state index contributed by atoms with van der Waals surface area (Å²) in [6.07, 6.45) is 0.593. The monoisotopic (exact) mass is 231 g/mol. The van der Waals surface area contributed by atoms with E-state index in [1.165, 1.54) is 4.90 Å². The van der Waals surface area contributed by atoms with E-state index in [1.807, 2.05) is 6.07 Å². The van der Waals surface area contributed by atoms with Gasteiger partial charge in [-0.15, -0.1) is 0 Å². The van der Waals surface area contributed by atoms with Crippen LogP contribution in [0.4, 0.5) is 5.69 Å². The number of rotatable bonds is 1. The van der Waals surface area contributed by atoms with Crippen LogP contribution in [-0.4, -0.2) is 22.3 Å². The highest BCUT2D eigenvalue weighted by Crippen LogP contribution is 2.34. The zero-order valence-electron chi connectivity index (χ0n) is 9.68. The van der Waals surface area contributed by atoms with Crippen LogP contribution in [0.1, 0.15) is 13.8 Å². The molecule has 1 amide bonds. The number of hydrogen-bond acceptors (Lipinski definition) is 3. The van der Waals surface area contributed by atoms with Crippen molar-refractivity contribution in [1.29, 1.82) is 0 Å². The molecule has 4 nitrogen and oxygen atoms in total. The van der Waals surface area contributed by atoms with Crippen LogP contribution < -0.4 is 4.90 Å². The van der Waals surface area contributed by atoms with Crippen molar-refractivity contribution in [2.75, 3.05) is 4.90 Å². The molecule has 17 heavy (non-hydrogen) atoms. The minimum absolute atomic E-state index is 0.168. The fourth-order valence-corrected chi connectivity index (χ4v) is 2.03. The van der Waals surface area contributed by atoms with Crippen molar-refractivity contribution in [2.45, 2.75) is 19.4 Å². The SMILES string of the molecule is CC1(C)C(=O)/C(=C\O)C(=O)N1c1ccccc1. The van der Waals surface area contributed by atoms with Gasteiger partial charge >= 0.3 is 0 Å². The van der Waals surface area contributed by atoms with Crippen molar-refractivity contribution in [1.82, 2.24) is 0 Å². The van der Waals surface area contributed by atoms with Crippen LogP contribution in [0, 0.1) is 0 Å². The van der Waals surface area contributed by atoms with E-state index in [0.717, 1.165) is 0 Å². The van der Waals surface area contributed by atoms with Gasteiger partial charge in [0.15, 0.2) is 5.78 Å². The quantitative estimate of drug-likeness (QED) is 0.455. The number of carbonyl (C=O) groups excluding carboxylic acids is 2. The lowest BCUT2D eigenvalue weighted by Crippen LogP contribution is -2.44. The van der Waals surface area contributed by atoms with E-state index in [-0.39, 0.29) is 11.4 Å². The standard InChI is InChI=1S/C13H13NO3/c1-13(2)11(16)10(8-15)12(17)14(13)9-6-4-3-5-7-9/h3-8,15H,1-2H3/b10-8+. The zero-order valence-corrected chi connectivity index (χ0v) is 9.68. The summed E-state index contributed by atoms with van der Waals surface area (Å²) in [7, 11) is 0. The highest BCUT2D eigenvalue weighted by Gasteiger charge is 2.50. The first-order valence-electron chi connectivity index (χ1n) is 5.29. The van der Waals surface area contributed by atoms with Crippen LogP contribution in [0.3, 0.4) is 0 Å². The molecule has 0 spiro atoms. The van der Waals surface area contributed by atoms with Crippen molar-refractivity contribution in [2.24, 2.45) is 0 Å². The molecule has 0 aliphatic carbocycles. The van der Waals surface area contributed by atoms with Crippen molar-refractivity contribution in [3.63, 3.8) is 0 Å². The van der Waals surface area contributed by atoms with Crippen LogP contribution in [0.25, 0.3) is 0 Å². The number of aliphatic hydroxyl groups is 1. The molecule has 4 heteroatoms. The van der Waals surface area contributed by atoms with Crippen LogP contribution >= 0.6 is 0 Å². The summed E-state index contributed by atoms with van der Waals surface area (Å²) in [4.78, 5) is 25.4. The lowest BCUT2D eigenvalue weighted by molar-refractivity contribution is -0.118. The van der Waals surface area contributed by atoms with Gasteiger partial charge in [0.05, 0.1) is 6.26 Å². The third kappa shape index (κ3) is 1.53. The van der Waals surface area contributed by atoms with Gasteiger partial charge < -0.3 is 5.11 Å². The van der Waals surface area contributed by atoms with Gasteiger partial charge in [-0.2, -0.15) is 0 Å². The number of para-hydroxylation sites is 1. The Labute approximate surface area is 99.2 Å². The van der Waals surface area contributed by atoms with E-state index in [0.29, 0.717) is 11.9 Å². The normalized spacial score (nSPS) is 21.3. The van der Waals surface area contributed by atoms with E-state index >= 15 is 0 Å². The molecule has 1 fully saturated rings. The zero-order chi connectivity index (χ0) is 12.6. The lowest BCUT2D eigenvalue weighted by Gasteiger charge is -2.29. The number of carbonyl (C=O) groups is 2. The van der Waals surface area contributed by atoms with Crippen molar-refractivity contribution >= 4 is 17.4 Å². The molecule has 1 heterocycles. The molecule has 0 bridgehead atoms. The predicted molar refractivity (Wildman–Crippen MR) is 63.7 cm³/mol. The summed E-state index contributed by atoms with van der Waals surface area (Å²) in [5, 5.41) is 8.97. The van der Waals surface area contributed by atoms with Gasteiger partial charge in [-0.1, -0.05) is 18.2 Å². The maximum absolute atomic E-state index is 12.0. The number of amides is 1. The molecule has 88 valence electrons. The Hall–Kier alpha value is -2.10. The average molecular weight is 231 g/mol. The second-order valence-corrected chi connectivity index (χ2v) is 4.41. The van der Waals surface area contributed by atoms with Gasteiger partial charge in [0.25, 0.3) is 5.91 Å². The summed E-state index contributed by atoms with van der Waals surface area (Å²) >= 11 is 0. The van der Waals surface area contributed by atoms with Gasteiger partial charge in [0.1, 0.15) is 11.1 Å². The topological polar surface area (TPSA) is 57.6 Å². The summed E-state index contributed by atoms with van der Waals surface area (Å²) in [6, 6.07) is 8.94. The largest absolute Gasteiger partial charge is 0.515 e. The maximum Gasteiger partial charge on any atom is 0.266 e.